The number of rotatable bonds is 11. The molecular weight excluding hydrogens is 484 g/mol. The first kappa shape index (κ1) is 26.5. The molecule has 0 spiro atoms. The number of aryl methyl sites for hydroxylation is 1. The molecule has 0 fully saturated rings. The minimum Gasteiger partial charge on any atom is -0.483 e. The van der Waals surface area contributed by atoms with E-state index in [1.807, 2.05) is 30.5 Å². The number of methoxy groups -OCH3 is 1. The lowest BCUT2D eigenvalue weighted by Crippen LogP contribution is -2.16. The van der Waals surface area contributed by atoms with Gasteiger partial charge in [0.1, 0.15) is 10.8 Å². The van der Waals surface area contributed by atoms with Gasteiger partial charge in [-0.3, -0.25) is 9.36 Å². The highest BCUT2D eigenvalue weighted by atomic mass is 32.2. The molecule has 3 aromatic rings. The molecule has 8 nitrogen and oxygen atoms in total. The topological polar surface area (TPSA) is 95.3 Å². The number of amides is 1. The molecule has 1 atom stereocenters. The fourth-order valence-electron chi connectivity index (χ4n) is 3.36. The SMILES string of the molecule is C=CCn1c(SCC(=O)Nc2sc(C)cc2C(=O)OC)nnc1C(C)Oc1ccc(C(C)C)cc1. The Morgan fingerprint density at radius 2 is 1.94 bits per heavy atom. The molecule has 1 unspecified atom stereocenters. The second-order valence-corrected chi connectivity index (χ2v) is 10.4. The minimum absolute atomic E-state index is 0.0960. The Kier molecular flexibility index (Phi) is 9.11. The van der Waals surface area contributed by atoms with Crippen LogP contribution in [0.3, 0.4) is 0 Å². The molecule has 0 aliphatic carbocycles. The van der Waals surface area contributed by atoms with E-state index in [-0.39, 0.29) is 17.8 Å². The second-order valence-electron chi connectivity index (χ2n) is 8.15. The van der Waals surface area contributed by atoms with Gasteiger partial charge in [0.2, 0.25) is 5.91 Å². The van der Waals surface area contributed by atoms with Crippen molar-refractivity contribution in [1.29, 1.82) is 0 Å². The van der Waals surface area contributed by atoms with Crippen LogP contribution in [0, 0.1) is 6.92 Å². The molecule has 1 N–H and O–H groups in total. The molecule has 0 aliphatic rings. The van der Waals surface area contributed by atoms with Gasteiger partial charge in [-0.15, -0.1) is 28.1 Å². The van der Waals surface area contributed by atoms with E-state index in [0.29, 0.717) is 34.0 Å². The fourth-order valence-corrected chi connectivity index (χ4v) is 5.03. The maximum atomic E-state index is 12.6. The standard InChI is InChI=1S/C25H30N4O4S2/c1-7-12-29-22(17(5)33-19-10-8-18(9-11-19)15(2)3)27-28-25(29)34-14-21(30)26-23-20(24(31)32-6)13-16(4)35-23/h7-11,13,15,17H,1,12,14H2,2-6H3,(H,26,30). The molecule has 0 saturated heterocycles. The third-order valence-electron chi connectivity index (χ3n) is 5.13. The largest absolute Gasteiger partial charge is 0.483 e. The maximum absolute atomic E-state index is 12.6. The first-order valence-electron chi connectivity index (χ1n) is 11.2. The van der Waals surface area contributed by atoms with Gasteiger partial charge >= 0.3 is 5.97 Å². The van der Waals surface area contributed by atoms with E-state index in [0.717, 1.165) is 10.6 Å². The summed E-state index contributed by atoms with van der Waals surface area (Å²) < 4.78 is 12.8. The summed E-state index contributed by atoms with van der Waals surface area (Å²) in [6.07, 6.45) is 1.39. The van der Waals surface area contributed by atoms with Gasteiger partial charge in [-0.1, -0.05) is 43.8 Å². The Morgan fingerprint density at radius 3 is 2.57 bits per heavy atom. The molecule has 35 heavy (non-hydrogen) atoms. The Morgan fingerprint density at radius 1 is 1.23 bits per heavy atom. The monoisotopic (exact) mass is 514 g/mol. The van der Waals surface area contributed by atoms with E-state index >= 15 is 0 Å². The smallest absolute Gasteiger partial charge is 0.340 e. The molecule has 10 heteroatoms. The molecule has 2 aromatic heterocycles. The van der Waals surface area contributed by atoms with Crippen LogP contribution in [0.4, 0.5) is 5.00 Å². The predicted molar refractivity (Wildman–Crippen MR) is 140 cm³/mol. The van der Waals surface area contributed by atoms with Gasteiger partial charge in [-0.2, -0.15) is 0 Å². The molecule has 3 rings (SSSR count). The lowest BCUT2D eigenvalue weighted by molar-refractivity contribution is -0.113. The minimum atomic E-state index is -0.486. The first-order chi connectivity index (χ1) is 16.7. The Labute approximate surface area is 213 Å². The number of ether oxygens (including phenoxy) is 2. The van der Waals surface area contributed by atoms with Crippen molar-refractivity contribution in [3.8, 4) is 5.75 Å². The van der Waals surface area contributed by atoms with Crippen molar-refractivity contribution in [2.75, 3.05) is 18.2 Å². The predicted octanol–water partition coefficient (Wildman–Crippen LogP) is 5.61. The lowest BCUT2D eigenvalue weighted by atomic mass is 10.0. The van der Waals surface area contributed by atoms with Crippen molar-refractivity contribution in [2.24, 2.45) is 0 Å². The zero-order valence-electron chi connectivity index (χ0n) is 20.5. The molecule has 186 valence electrons. The number of anilines is 1. The third kappa shape index (κ3) is 6.73. The van der Waals surface area contributed by atoms with Gasteiger partial charge in [0.05, 0.1) is 18.4 Å². The summed E-state index contributed by atoms with van der Waals surface area (Å²) >= 11 is 2.58. The number of benzene rings is 1. The second kappa shape index (κ2) is 12.0. The number of thioether (sulfide) groups is 1. The summed E-state index contributed by atoms with van der Waals surface area (Å²) in [7, 11) is 1.31. The number of carbonyl (C=O) groups is 2. The normalized spacial score (nSPS) is 11.8. The van der Waals surface area contributed by atoms with Crippen LogP contribution < -0.4 is 10.1 Å². The Bertz CT molecular complexity index is 1180. The molecule has 1 aromatic carbocycles. The van der Waals surface area contributed by atoms with Gasteiger partial charge in [0.25, 0.3) is 0 Å². The summed E-state index contributed by atoms with van der Waals surface area (Å²) in [5, 5.41) is 12.4. The summed E-state index contributed by atoms with van der Waals surface area (Å²) in [6, 6.07) is 9.72. The molecule has 0 radical (unpaired) electrons. The molecule has 0 saturated carbocycles. The molecular formula is C25H30N4O4S2. The number of nitrogens with zero attached hydrogens (tertiary/aromatic N) is 3. The number of aromatic nitrogens is 3. The van der Waals surface area contributed by atoms with Gasteiger partial charge < -0.3 is 14.8 Å². The molecule has 1 amide bonds. The van der Waals surface area contributed by atoms with Crippen LogP contribution >= 0.6 is 23.1 Å². The van der Waals surface area contributed by atoms with Crippen molar-refractivity contribution >= 4 is 40.0 Å². The van der Waals surface area contributed by atoms with Crippen LogP contribution in [-0.4, -0.2) is 39.5 Å². The fraction of sp³-hybridized carbons (Fsp3) is 0.360. The maximum Gasteiger partial charge on any atom is 0.340 e. The number of esters is 1. The van der Waals surface area contributed by atoms with Crippen molar-refractivity contribution in [1.82, 2.24) is 14.8 Å². The van der Waals surface area contributed by atoms with E-state index < -0.39 is 5.97 Å². The highest BCUT2D eigenvalue weighted by Crippen LogP contribution is 2.29. The van der Waals surface area contributed by atoms with Gasteiger partial charge in [-0.25, -0.2) is 4.79 Å². The van der Waals surface area contributed by atoms with Gasteiger partial charge in [0.15, 0.2) is 17.1 Å². The van der Waals surface area contributed by atoms with Crippen LogP contribution in [0.1, 0.15) is 59.4 Å². The third-order valence-corrected chi connectivity index (χ3v) is 7.06. The number of carbonyl (C=O) groups excluding carboxylic acids is 2. The van der Waals surface area contributed by atoms with E-state index in [1.165, 1.54) is 35.8 Å². The van der Waals surface area contributed by atoms with E-state index in [9.17, 15) is 9.59 Å². The highest BCUT2D eigenvalue weighted by Gasteiger charge is 2.21. The van der Waals surface area contributed by atoms with E-state index in [2.05, 4.69) is 48.1 Å². The summed E-state index contributed by atoms with van der Waals surface area (Å²) in [5.74, 6) is 1.19. The lowest BCUT2D eigenvalue weighted by Gasteiger charge is -2.16. The van der Waals surface area contributed by atoms with Crippen molar-refractivity contribution in [3.63, 3.8) is 0 Å². The summed E-state index contributed by atoms with van der Waals surface area (Å²) in [6.45, 7) is 12.4. The van der Waals surface area contributed by atoms with Crippen LogP contribution in [0.2, 0.25) is 0 Å². The Hall–Kier alpha value is -3.11. The zero-order chi connectivity index (χ0) is 25.5. The average Bonchev–Trinajstić information content (AvgIpc) is 3.40. The van der Waals surface area contributed by atoms with Crippen molar-refractivity contribution < 1.29 is 19.1 Å². The number of allylic oxidation sites excluding steroid dienone is 1. The highest BCUT2D eigenvalue weighted by molar-refractivity contribution is 7.99. The first-order valence-corrected chi connectivity index (χ1v) is 13.0. The van der Waals surface area contributed by atoms with Crippen LogP contribution in [0.15, 0.2) is 48.1 Å². The number of nitrogens with one attached hydrogen (secondary N) is 1. The number of hydrogen-bond donors (Lipinski definition) is 1. The van der Waals surface area contributed by atoms with Crippen molar-refractivity contribution in [3.05, 3.63) is 64.8 Å². The quantitative estimate of drug-likeness (QED) is 0.202. The van der Waals surface area contributed by atoms with E-state index in [4.69, 9.17) is 9.47 Å². The van der Waals surface area contributed by atoms with Gasteiger partial charge in [0, 0.05) is 11.4 Å². The van der Waals surface area contributed by atoms with Crippen LogP contribution in [-0.2, 0) is 16.1 Å². The summed E-state index contributed by atoms with van der Waals surface area (Å²) in [4.78, 5) is 25.5. The average molecular weight is 515 g/mol. The van der Waals surface area contributed by atoms with Crippen LogP contribution in [0.25, 0.3) is 0 Å². The number of hydrogen-bond acceptors (Lipinski definition) is 8. The Balaban J connectivity index is 1.67. The number of thiophene rings is 1. The summed E-state index contributed by atoms with van der Waals surface area (Å²) in [5.41, 5.74) is 1.59. The zero-order valence-corrected chi connectivity index (χ0v) is 22.2. The van der Waals surface area contributed by atoms with E-state index in [1.54, 1.807) is 12.1 Å². The molecule has 0 bridgehead atoms. The molecule has 2 heterocycles. The molecule has 0 aliphatic heterocycles. The van der Waals surface area contributed by atoms with Gasteiger partial charge in [-0.05, 0) is 43.5 Å². The van der Waals surface area contributed by atoms with Crippen molar-refractivity contribution in [2.45, 2.75) is 51.4 Å². The van der Waals surface area contributed by atoms with Crippen LogP contribution in [0.5, 0.6) is 5.75 Å².